The van der Waals surface area contributed by atoms with Gasteiger partial charge in [0.25, 0.3) is 0 Å². The molecule has 128 valence electrons. The summed E-state index contributed by atoms with van der Waals surface area (Å²) in [6.07, 6.45) is 4.89. The van der Waals surface area contributed by atoms with Gasteiger partial charge in [0.05, 0.1) is 0 Å². The Kier molecular flexibility index (Phi) is 5.28. The van der Waals surface area contributed by atoms with Gasteiger partial charge in [-0.15, -0.1) is 0 Å². The molecule has 1 saturated carbocycles. The summed E-state index contributed by atoms with van der Waals surface area (Å²) < 4.78 is 0. The number of nitrogens with one attached hydrogen (secondary N) is 1. The maximum atomic E-state index is 12.1. The zero-order valence-electron chi connectivity index (χ0n) is 13.9. The van der Waals surface area contributed by atoms with Crippen molar-refractivity contribution in [2.24, 2.45) is 0 Å². The summed E-state index contributed by atoms with van der Waals surface area (Å²) in [5, 5.41) is 3.06. The van der Waals surface area contributed by atoms with E-state index in [1.807, 2.05) is 6.07 Å². The average molecular weight is 328 g/mol. The number of likely N-dealkylation sites (tertiary alicyclic amines) is 1. The van der Waals surface area contributed by atoms with E-state index in [1.54, 1.807) is 0 Å². The van der Waals surface area contributed by atoms with Crippen molar-refractivity contribution in [3.63, 3.8) is 0 Å². The van der Waals surface area contributed by atoms with Crippen molar-refractivity contribution in [2.75, 3.05) is 6.54 Å². The van der Waals surface area contributed by atoms with Crippen LogP contribution in [-0.2, 0) is 14.4 Å². The molecule has 3 rings (SSSR count). The van der Waals surface area contributed by atoms with Crippen LogP contribution in [-0.4, -0.2) is 35.2 Å². The summed E-state index contributed by atoms with van der Waals surface area (Å²) in [5.74, 6) is 0.206. The quantitative estimate of drug-likeness (QED) is 0.844. The van der Waals surface area contributed by atoms with Crippen LogP contribution in [0.5, 0.6) is 0 Å². The number of nitrogens with zero attached hydrogens (tertiary/aromatic N) is 1. The van der Waals surface area contributed by atoms with Gasteiger partial charge in [0.2, 0.25) is 17.7 Å². The lowest BCUT2D eigenvalue weighted by Crippen LogP contribution is -2.39. The number of imide groups is 1. The Morgan fingerprint density at radius 2 is 1.62 bits per heavy atom. The van der Waals surface area contributed by atoms with E-state index in [1.165, 1.54) is 10.5 Å². The summed E-state index contributed by atoms with van der Waals surface area (Å²) in [6.45, 7) is 0.211. The van der Waals surface area contributed by atoms with Gasteiger partial charge in [-0.25, -0.2) is 0 Å². The second-order valence-corrected chi connectivity index (χ2v) is 6.72. The Labute approximate surface area is 142 Å². The SMILES string of the molecule is O=C(CCN1C(=O)CCC1=O)NC1CCC(c2ccccc2)CC1. The van der Waals surface area contributed by atoms with E-state index in [9.17, 15) is 14.4 Å². The minimum absolute atomic E-state index is 0.0642. The summed E-state index contributed by atoms with van der Waals surface area (Å²) >= 11 is 0. The third kappa shape index (κ3) is 4.02. The van der Waals surface area contributed by atoms with Gasteiger partial charge in [0, 0.05) is 31.8 Å². The molecule has 0 atom stereocenters. The Bertz CT molecular complexity index is 590. The van der Waals surface area contributed by atoms with Gasteiger partial charge >= 0.3 is 0 Å². The Morgan fingerprint density at radius 3 is 2.25 bits per heavy atom. The zero-order valence-corrected chi connectivity index (χ0v) is 13.9. The second-order valence-electron chi connectivity index (χ2n) is 6.72. The summed E-state index contributed by atoms with van der Waals surface area (Å²) in [4.78, 5) is 36.3. The number of benzene rings is 1. The van der Waals surface area contributed by atoms with Crippen LogP contribution in [0.4, 0.5) is 0 Å². The highest BCUT2D eigenvalue weighted by molar-refractivity contribution is 6.02. The zero-order chi connectivity index (χ0) is 16.9. The topological polar surface area (TPSA) is 66.5 Å². The second kappa shape index (κ2) is 7.60. The summed E-state index contributed by atoms with van der Waals surface area (Å²) in [7, 11) is 0. The van der Waals surface area contributed by atoms with Crippen molar-refractivity contribution in [2.45, 2.75) is 56.9 Å². The molecule has 3 amide bonds. The van der Waals surface area contributed by atoms with Crippen LogP contribution in [0.1, 0.15) is 56.4 Å². The van der Waals surface area contributed by atoms with E-state index in [0.717, 1.165) is 25.7 Å². The normalized spacial score (nSPS) is 24.2. The van der Waals surface area contributed by atoms with Crippen molar-refractivity contribution in [3.05, 3.63) is 35.9 Å². The number of carbonyl (C=O) groups excluding carboxylic acids is 3. The molecule has 1 saturated heterocycles. The molecule has 0 unspecified atom stereocenters. The van der Waals surface area contributed by atoms with Crippen LogP contribution < -0.4 is 5.32 Å². The molecule has 2 fully saturated rings. The minimum Gasteiger partial charge on any atom is -0.353 e. The third-order valence-corrected chi connectivity index (χ3v) is 5.08. The van der Waals surface area contributed by atoms with E-state index in [4.69, 9.17) is 0 Å². The fourth-order valence-electron chi connectivity index (χ4n) is 3.68. The van der Waals surface area contributed by atoms with Gasteiger partial charge < -0.3 is 5.32 Å². The highest BCUT2D eigenvalue weighted by Gasteiger charge is 2.29. The molecule has 1 heterocycles. The van der Waals surface area contributed by atoms with E-state index in [2.05, 4.69) is 29.6 Å². The first-order valence-corrected chi connectivity index (χ1v) is 8.81. The van der Waals surface area contributed by atoms with Crippen LogP contribution in [0.3, 0.4) is 0 Å². The molecule has 1 aromatic rings. The molecule has 1 aliphatic heterocycles. The van der Waals surface area contributed by atoms with E-state index in [-0.39, 0.29) is 49.6 Å². The summed E-state index contributed by atoms with van der Waals surface area (Å²) in [6, 6.07) is 10.7. The number of rotatable bonds is 5. The Balaban J connectivity index is 1.40. The highest BCUT2D eigenvalue weighted by Crippen LogP contribution is 2.32. The Hall–Kier alpha value is -2.17. The van der Waals surface area contributed by atoms with Crippen LogP contribution >= 0.6 is 0 Å². The fraction of sp³-hybridized carbons (Fsp3) is 0.526. The van der Waals surface area contributed by atoms with E-state index in [0.29, 0.717) is 5.92 Å². The van der Waals surface area contributed by atoms with Gasteiger partial charge in [-0.3, -0.25) is 19.3 Å². The maximum absolute atomic E-state index is 12.1. The number of hydrogen-bond acceptors (Lipinski definition) is 3. The fourth-order valence-corrected chi connectivity index (χ4v) is 3.68. The molecule has 1 aliphatic carbocycles. The van der Waals surface area contributed by atoms with Gasteiger partial charge in [-0.1, -0.05) is 30.3 Å². The predicted octanol–water partition coefficient (Wildman–Crippen LogP) is 2.37. The van der Waals surface area contributed by atoms with Crippen LogP contribution in [0.15, 0.2) is 30.3 Å². The molecule has 2 aliphatic rings. The molecule has 0 bridgehead atoms. The van der Waals surface area contributed by atoms with E-state index >= 15 is 0 Å². The number of carbonyl (C=O) groups is 3. The molecular weight excluding hydrogens is 304 g/mol. The van der Waals surface area contributed by atoms with Crippen LogP contribution in [0.2, 0.25) is 0 Å². The highest BCUT2D eigenvalue weighted by atomic mass is 16.2. The average Bonchev–Trinajstić information content (AvgIpc) is 2.93. The smallest absolute Gasteiger partial charge is 0.229 e. The molecule has 0 radical (unpaired) electrons. The lowest BCUT2D eigenvalue weighted by atomic mass is 9.82. The first kappa shape index (κ1) is 16.7. The third-order valence-electron chi connectivity index (χ3n) is 5.08. The minimum atomic E-state index is -0.156. The first-order valence-electron chi connectivity index (χ1n) is 8.81. The van der Waals surface area contributed by atoms with Gasteiger partial charge in [0.15, 0.2) is 0 Å². The molecule has 0 spiro atoms. The van der Waals surface area contributed by atoms with Crippen LogP contribution in [0.25, 0.3) is 0 Å². The maximum Gasteiger partial charge on any atom is 0.229 e. The molecule has 1 aromatic carbocycles. The van der Waals surface area contributed by atoms with E-state index < -0.39 is 0 Å². The number of hydrogen-bond donors (Lipinski definition) is 1. The molecule has 0 aromatic heterocycles. The molecule has 24 heavy (non-hydrogen) atoms. The molecular formula is C19H24N2O3. The van der Waals surface area contributed by atoms with Gasteiger partial charge in [0.1, 0.15) is 0 Å². The largest absolute Gasteiger partial charge is 0.353 e. The van der Waals surface area contributed by atoms with Crippen molar-refractivity contribution in [3.8, 4) is 0 Å². The van der Waals surface area contributed by atoms with Gasteiger partial charge in [-0.05, 0) is 37.2 Å². The number of amides is 3. The van der Waals surface area contributed by atoms with Crippen molar-refractivity contribution in [1.29, 1.82) is 0 Å². The monoisotopic (exact) mass is 328 g/mol. The first-order chi connectivity index (χ1) is 11.6. The van der Waals surface area contributed by atoms with Crippen molar-refractivity contribution >= 4 is 17.7 Å². The summed E-state index contributed by atoms with van der Waals surface area (Å²) in [5.41, 5.74) is 1.38. The van der Waals surface area contributed by atoms with Crippen LogP contribution in [0, 0.1) is 0 Å². The molecule has 5 heteroatoms. The van der Waals surface area contributed by atoms with Gasteiger partial charge in [-0.2, -0.15) is 0 Å². The Morgan fingerprint density at radius 1 is 1.00 bits per heavy atom. The van der Waals surface area contributed by atoms with Crippen molar-refractivity contribution in [1.82, 2.24) is 10.2 Å². The lowest BCUT2D eigenvalue weighted by molar-refractivity contribution is -0.138. The lowest BCUT2D eigenvalue weighted by Gasteiger charge is -2.29. The molecule has 5 nitrogen and oxygen atoms in total. The van der Waals surface area contributed by atoms with Crippen molar-refractivity contribution < 1.29 is 14.4 Å². The predicted molar refractivity (Wildman–Crippen MR) is 90.2 cm³/mol. The molecule has 1 N–H and O–H groups in total. The standard InChI is InChI=1S/C19H24N2O3/c22-17(12-13-21-18(23)10-11-19(21)24)20-16-8-6-15(7-9-16)14-4-2-1-3-5-14/h1-5,15-16H,6-13H2,(H,20,22).